The third-order valence-corrected chi connectivity index (χ3v) is 4.75. The van der Waals surface area contributed by atoms with E-state index in [1.165, 1.54) is 12.0 Å². The summed E-state index contributed by atoms with van der Waals surface area (Å²) < 4.78 is 5.78. The van der Waals surface area contributed by atoms with E-state index < -0.39 is 0 Å². The highest BCUT2D eigenvalue weighted by Crippen LogP contribution is 2.50. The zero-order valence-corrected chi connectivity index (χ0v) is 10.6. The van der Waals surface area contributed by atoms with Crippen molar-refractivity contribution in [3.05, 3.63) is 23.8 Å². The summed E-state index contributed by atoms with van der Waals surface area (Å²) in [6.45, 7) is 4.45. The number of esters is 1. The van der Waals surface area contributed by atoms with Crippen molar-refractivity contribution in [3.8, 4) is 0 Å². The van der Waals surface area contributed by atoms with Crippen LogP contribution in [-0.2, 0) is 9.53 Å². The summed E-state index contributed by atoms with van der Waals surface area (Å²) in [5, 5.41) is 0. The fourth-order valence-electron chi connectivity index (χ4n) is 3.74. The minimum Gasteiger partial charge on any atom is -0.458 e. The van der Waals surface area contributed by atoms with E-state index in [9.17, 15) is 4.79 Å². The number of fused-ring (bicyclic) bond motifs is 2. The molecular weight excluding hydrogens is 212 g/mol. The maximum absolute atomic E-state index is 11.5. The minimum absolute atomic E-state index is 0.00915. The molecule has 0 aromatic heterocycles. The van der Waals surface area contributed by atoms with E-state index in [1.807, 2.05) is 0 Å². The van der Waals surface area contributed by atoms with E-state index in [4.69, 9.17) is 4.74 Å². The molecule has 1 saturated heterocycles. The van der Waals surface area contributed by atoms with E-state index in [1.54, 1.807) is 0 Å². The molecule has 0 N–H and O–H groups in total. The lowest BCUT2D eigenvalue weighted by Gasteiger charge is -2.45. The fourth-order valence-corrected chi connectivity index (χ4v) is 3.74. The Labute approximate surface area is 103 Å². The molecule has 2 aliphatic carbocycles. The number of ether oxygens (including phenoxy) is 1. The highest BCUT2D eigenvalue weighted by atomic mass is 16.6. The molecule has 1 fully saturated rings. The highest BCUT2D eigenvalue weighted by molar-refractivity contribution is 5.72. The van der Waals surface area contributed by atoms with Crippen molar-refractivity contribution in [2.45, 2.75) is 45.1 Å². The van der Waals surface area contributed by atoms with E-state index in [-0.39, 0.29) is 11.6 Å². The molecule has 0 amide bonds. The van der Waals surface area contributed by atoms with Crippen LogP contribution >= 0.6 is 0 Å². The van der Waals surface area contributed by atoms with Crippen LogP contribution in [-0.4, -0.2) is 11.6 Å². The molecule has 92 valence electrons. The van der Waals surface area contributed by atoms with Crippen LogP contribution in [0.2, 0.25) is 0 Å². The molecule has 17 heavy (non-hydrogen) atoms. The van der Waals surface area contributed by atoms with Gasteiger partial charge in [-0.1, -0.05) is 32.1 Å². The Bertz CT molecular complexity index is 407. The van der Waals surface area contributed by atoms with Gasteiger partial charge in [0.05, 0.1) is 0 Å². The lowest BCUT2D eigenvalue weighted by atomic mass is 9.64. The largest absolute Gasteiger partial charge is 0.458 e. The van der Waals surface area contributed by atoms with Crippen molar-refractivity contribution in [3.63, 3.8) is 0 Å². The second kappa shape index (κ2) is 3.72. The first-order chi connectivity index (χ1) is 8.12. The number of carbonyl (C=O) groups is 1. The zero-order valence-electron chi connectivity index (χ0n) is 10.6. The van der Waals surface area contributed by atoms with Crippen molar-refractivity contribution >= 4 is 5.97 Å². The van der Waals surface area contributed by atoms with Gasteiger partial charge in [0.1, 0.15) is 5.60 Å². The molecular formula is C15H20O2. The van der Waals surface area contributed by atoms with Crippen LogP contribution < -0.4 is 0 Å². The van der Waals surface area contributed by atoms with Crippen molar-refractivity contribution in [1.82, 2.24) is 0 Å². The molecule has 2 heteroatoms. The van der Waals surface area contributed by atoms with Crippen molar-refractivity contribution in [2.75, 3.05) is 0 Å². The molecule has 1 aliphatic heterocycles. The van der Waals surface area contributed by atoms with Gasteiger partial charge in [0.2, 0.25) is 0 Å². The van der Waals surface area contributed by atoms with Crippen molar-refractivity contribution < 1.29 is 9.53 Å². The fraction of sp³-hybridized carbons (Fsp3) is 0.667. The molecule has 4 atom stereocenters. The van der Waals surface area contributed by atoms with Gasteiger partial charge in [0.15, 0.2) is 0 Å². The quantitative estimate of drug-likeness (QED) is 0.599. The number of carbonyl (C=O) groups excluding carboxylic acids is 1. The summed E-state index contributed by atoms with van der Waals surface area (Å²) in [4.78, 5) is 11.5. The summed E-state index contributed by atoms with van der Waals surface area (Å²) in [6.07, 6.45) is 10.7. The first kappa shape index (κ1) is 11.1. The van der Waals surface area contributed by atoms with Gasteiger partial charge in [-0.25, -0.2) is 0 Å². The monoisotopic (exact) mass is 232 g/mol. The van der Waals surface area contributed by atoms with E-state index >= 15 is 0 Å². The molecule has 4 unspecified atom stereocenters. The van der Waals surface area contributed by atoms with Crippen LogP contribution in [0.3, 0.4) is 0 Å². The Kier molecular flexibility index (Phi) is 2.42. The maximum atomic E-state index is 11.5. The topological polar surface area (TPSA) is 26.3 Å². The minimum atomic E-state index is -0.224. The molecule has 2 nitrogen and oxygen atoms in total. The lowest BCUT2D eigenvalue weighted by molar-refractivity contribution is -0.156. The Morgan fingerprint density at radius 2 is 2.18 bits per heavy atom. The van der Waals surface area contributed by atoms with Gasteiger partial charge in [-0.15, -0.1) is 0 Å². The molecule has 3 rings (SSSR count). The zero-order chi connectivity index (χ0) is 12.0. The number of hydrogen-bond acceptors (Lipinski definition) is 2. The predicted octanol–water partition coefficient (Wildman–Crippen LogP) is 3.24. The SMILES string of the molecule is CC1C=C2C=CC(C)C3(CCC(=O)O3)C2CC1. The summed E-state index contributed by atoms with van der Waals surface area (Å²) in [6, 6.07) is 0. The van der Waals surface area contributed by atoms with Crippen LogP contribution in [0, 0.1) is 17.8 Å². The normalized spacial score (nSPS) is 44.5. The van der Waals surface area contributed by atoms with Gasteiger partial charge in [-0.3, -0.25) is 4.79 Å². The van der Waals surface area contributed by atoms with E-state index in [0.29, 0.717) is 24.2 Å². The van der Waals surface area contributed by atoms with Crippen LogP contribution in [0.5, 0.6) is 0 Å². The van der Waals surface area contributed by atoms with Gasteiger partial charge in [0, 0.05) is 18.3 Å². The Morgan fingerprint density at radius 1 is 1.35 bits per heavy atom. The molecule has 0 radical (unpaired) electrons. The maximum Gasteiger partial charge on any atom is 0.306 e. The van der Waals surface area contributed by atoms with Crippen molar-refractivity contribution in [1.29, 1.82) is 0 Å². The van der Waals surface area contributed by atoms with Crippen LogP contribution in [0.25, 0.3) is 0 Å². The molecule has 1 heterocycles. The Hall–Kier alpha value is -1.05. The number of rotatable bonds is 0. The van der Waals surface area contributed by atoms with Gasteiger partial charge >= 0.3 is 5.97 Å². The molecule has 1 spiro atoms. The molecule has 3 aliphatic rings. The van der Waals surface area contributed by atoms with Crippen LogP contribution in [0.15, 0.2) is 23.8 Å². The van der Waals surface area contributed by atoms with Crippen molar-refractivity contribution in [2.24, 2.45) is 17.8 Å². The first-order valence-corrected chi connectivity index (χ1v) is 6.73. The summed E-state index contributed by atoms with van der Waals surface area (Å²) in [5.74, 6) is 1.44. The average molecular weight is 232 g/mol. The summed E-state index contributed by atoms with van der Waals surface area (Å²) in [5.41, 5.74) is 1.18. The Morgan fingerprint density at radius 3 is 2.88 bits per heavy atom. The van der Waals surface area contributed by atoms with E-state index in [2.05, 4.69) is 32.1 Å². The van der Waals surface area contributed by atoms with Gasteiger partial charge in [0.25, 0.3) is 0 Å². The van der Waals surface area contributed by atoms with Gasteiger partial charge in [-0.2, -0.15) is 0 Å². The number of allylic oxidation sites excluding steroid dienone is 2. The predicted molar refractivity (Wildman–Crippen MR) is 66.3 cm³/mol. The smallest absolute Gasteiger partial charge is 0.306 e. The van der Waals surface area contributed by atoms with Crippen LogP contribution in [0.1, 0.15) is 39.5 Å². The third kappa shape index (κ3) is 1.57. The molecule has 0 bridgehead atoms. The summed E-state index contributed by atoms with van der Waals surface area (Å²) >= 11 is 0. The number of hydrogen-bond donors (Lipinski definition) is 0. The summed E-state index contributed by atoms with van der Waals surface area (Å²) in [7, 11) is 0. The molecule has 0 saturated carbocycles. The van der Waals surface area contributed by atoms with Gasteiger partial charge in [-0.05, 0) is 30.8 Å². The standard InChI is InChI=1S/C15H20O2/c1-10-3-6-13-12(9-10)5-4-11(2)15(13)8-7-14(16)17-15/h4-5,9-11,13H,3,6-8H2,1-2H3. The second-order valence-electron chi connectivity index (χ2n) is 5.85. The Balaban J connectivity index is 2.01. The van der Waals surface area contributed by atoms with Crippen LogP contribution in [0.4, 0.5) is 0 Å². The van der Waals surface area contributed by atoms with E-state index in [0.717, 1.165) is 12.8 Å². The highest BCUT2D eigenvalue weighted by Gasteiger charge is 2.52. The molecule has 0 aromatic carbocycles. The second-order valence-corrected chi connectivity index (χ2v) is 5.85. The van der Waals surface area contributed by atoms with Gasteiger partial charge < -0.3 is 4.74 Å². The third-order valence-electron chi connectivity index (χ3n) is 4.75. The molecule has 0 aromatic rings. The lowest BCUT2D eigenvalue weighted by Crippen LogP contribution is -2.47. The average Bonchev–Trinajstić information content (AvgIpc) is 2.68. The first-order valence-electron chi connectivity index (χ1n) is 6.73.